The molecule has 0 heterocycles. The number of nitrogens with one attached hydrogen (secondary N) is 1. The van der Waals surface area contributed by atoms with Crippen molar-refractivity contribution in [1.29, 1.82) is 0 Å². The molecule has 0 unspecified atom stereocenters. The lowest BCUT2D eigenvalue weighted by Gasteiger charge is -2.18. The largest absolute Gasteiger partial charge is 0.497 e. The Hall–Kier alpha value is -2.97. The van der Waals surface area contributed by atoms with Crippen molar-refractivity contribution in [2.45, 2.75) is 32.8 Å². The van der Waals surface area contributed by atoms with E-state index in [0.717, 1.165) is 0 Å². The van der Waals surface area contributed by atoms with Crippen molar-refractivity contribution in [3.8, 4) is 5.75 Å². The summed E-state index contributed by atoms with van der Waals surface area (Å²) in [6.45, 7) is 2.82. The standard InChI is InChI=1S/C19H24N2O7/c1-11-8-17(22)15(16(11)10-21(25)26)9-18(23)28-12(2)19(24)20-13-4-6-14(27-3)7-5-13/h4-7,11-12,15-16H,8-10H2,1-3H3,(H,20,24)/t11-,12-,15-,16+/m0/s1. The Bertz CT molecular complexity index is 747. The third kappa shape index (κ3) is 5.51. The van der Waals surface area contributed by atoms with Gasteiger partial charge in [0.1, 0.15) is 11.5 Å². The van der Waals surface area contributed by atoms with Crippen LogP contribution in [0.3, 0.4) is 0 Å². The fraction of sp³-hybridized carbons (Fsp3) is 0.526. The van der Waals surface area contributed by atoms with Crippen LogP contribution in [0.15, 0.2) is 24.3 Å². The van der Waals surface area contributed by atoms with E-state index < -0.39 is 34.7 Å². The van der Waals surface area contributed by atoms with Crippen molar-refractivity contribution in [3.63, 3.8) is 0 Å². The van der Waals surface area contributed by atoms with Gasteiger partial charge in [-0.2, -0.15) is 0 Å². The van der Waals surface area contributed by atoms with E-state index in [-0.39, 0.29) is 31.1 Å². The van der Waals surface area contributed by atoms with Gasteiger partial charge in [-0.1, -0.05) is 6.92 Å². The number of carbonyl (C=O) groups is 3. The molecule has 1 aromatic carbocycles. The maximum Gasteiger partial charge on any atom is 0.307 e. The number of esters is 1. The van der Waals surface area contributed by atoms with Gasteiger partial charge >= 0.3 is 5.97 Å². The number of hydrogen-bond donors (Lipinski definition) is 1. The van der Waals surface area contributed by atoms with E-state index in [2.05, 4.69) is 5.32 Å². The quantitative estimate of drug-likeness (QED) is 0.408. The van der Waals surface area contributed by atoms with Gasteiger partial charge in [-0.15, -0.1) is 0 Å². The van der Waals surface area contributed by atoms with E-state index in [1.807, 2.05) is 0 Å². The first-order valence-corrected chi connectivity index (χ1v) is 9.00. The number of ether oxygens (including phenoxy) is 2. The highest BCUT2D eigenvalue weighted by Gasteiger charge is 2.44. The van der Waals surface area contributed by atoms with Gasteiger partial charge in [0.2, 0.25) is 6.54 Å². The Morgan fingerprint density at radius 2 is 1.96 bits per heavy atom. The number of anilines is 1. The topological polar surface area (TPSA) is 125 Å². The number of amides is 1. The minimum absolute atomic E-state index is 0.161. The molecule has 4 atom stereocenters. The second-order valence-electron chi connectivity index (χ2n) is 6.99. The molecule has 0 aromatic heterocycles. The Balaban J connectivity index is 1.90. The Labute approximate surface area is 162 Å². The predicted molar refractivity (Wildman–Crippen MR) is 99.4 cm³/mol. The molecular formula is C19H24N2O7. The molecule has 28 heavy (non-hydrogen) atoms. The fourth-order valence-corrected chi connectivity index (χ4v) is 3.40. The molecule has 0 aliphatic heterocycles. The molecule has 0 saturated heterocycles. The van der Waals surface area contributed by atoms with Crippen LogP contribution in [0.5, 0.6) is 5.75 Å². The summed E-state index contributed by atoms with van der Waals surface area (Å²) in [5, 5.41) is 13.5. The highest BCUT2D eigenvalue weighted by atomic mass is 16.6. The molecular weight excluding hydrogens is 368 g/mol. The first-order chi connectivity index (χ1) is 13.2. The second kappa shape index (κ2) is 9.29. The maximum absolute atomic E-state index is 12.2. The molecule has 9 heteroatoms. The SMILES string of the molecule is COc1ccc(NC(=O)[C@H](C)OC(=O)C[C@@H]2C(=O)C[C@H](C)[C@H]2C[N+](=O)[O-])cc1. The lowest BCUT2D eigenvalue weighted by Crippen LogP contribution is -2.32. The van der Waals surface area contributed by atoms with Crippen LogP contribution in [0.1, 0.15) is 26.7 Å². The molecule has 1 N–H and O–H groups in total. The summed E-state index contributed by atoms with van der Waals surface area (Å²) in [7, 11) is 1.53. The first kappa shape index (κ1) is 21.3. The van der Waals surface area contributed by atoms with Crippen molar-refractivity contribution in [2.75, 3.05) is 19.0 Å². The third-order valence-corrected chi connectivity index (χ3v) is 4.97. The van der Waals surface area contributed by atoms with Gasteiger partial charge in [-0.05, 0) is 37.1 Å². The van der Waals surface area contributed by atoms with E-state index in [0.29, 0.717) is 11.4 Å². The molecule has 1 amide bonds. The monoisotopic (exact) mass is 392 g/mol. The zero-order chi connectivity index (χ0) is 20.8. The van der Waals surface area contributed by atoms with E-state index in [1.54, 1.807) is 31.2 Å². The van der Waals surface area contributed by atoms with Crippen LogP contribution in [-0.2, 0) is 19.1 Å². The molecule has 0 bridgehead atoms. The van der Waals surface area contributed by atoms with Crippen molar-refractivity contribution in [3.05, 3.63) is 34.4 Å². The zero-order valence-electron chi connectivity index (χ0n) is 16.0. The van der Waals surface area contributed by atoms with Crippen molar-refractivity contribution in [2.24, 2.45) is 17.8 Å². The second-order valence-corrected chi connectivity index (χ2v) is 6.99. The number of methoxy groups -OCH3 is 1. The minimum Gasteiger partial charge on any atom is -0.497 e. The van der Waals surface area contributed by atoms with Crippen LogP contribution in [0, 0.1) is 27.9 Å². The predicted octanol–water partition coefficient (Wildman–Crippen LogP) is 2.07. The number of benzene rings is 1. The lowest BCUT2D eigenvalue weighted by molar-refractivity contribution is -0.490. The molecule has 9 nitrogen and oxygen atoms in total. The third-order valence-electron chi connectivity index (χ3n) is 4.97. The Morgan fingerprint density at radius 3 is 2.54 bits per heavy atom. The average molecular weight is 392 g/mol. The van der Waals surface area contributed by atoms with Crippen molar-refractivity contribution < 1.29 is 28.8 Å². The molecule has 1 aliphatic rings. The smallest absolute Gasteiger partial charge is 0.307 e. The summed E-state index contributed by atoms with van der Waals surface area (Å²) in [4.78, 5) is 46.9. The summed E-state index contributed by atoms with van der Waals surface area (Å²) in [5.41, 5.74) is 0.513. The van der Waals surface area contributed by atoms with Gasteiger partial charge in [-0.3, -0.25) is 24.5 Å². The maximum atomic E-state index is 12.2. The number of ketones is 1. The van der Waals surface area contributed by atoms with Crippen molar-refractivity contribution >= 4 is 23.3 Å². The molecule has 1 aromatic rings. The molecule has 1 aliphatic carbocycles. The van der Waals surface area contributed by atoms with E-state index in [9.17, 15) is 24.5 Å². The van der Waals surface area contributed by atoms with Crippen LogP contribution in [0.2, 0.25) is 0 Å². The van der Waals surface area contributed by atoms with Gasteiger partial charge in [0, 0.05) is 28.9 Å². The Kier molecular flexibility index (Phi) is 7.08. The highest BCUT2D eigenvalue weighted by molar-refractivity contribution is 5.95. The minimum atomic E-state index is -1.07. The molecule has 2 rings (SSSR count). The molecule has 0 spiro atoms. The van der Waals surface area contributed by atoms with Gasteiger partial charge in [-0.25, -0.2) is 0 Å². The van der Waals surface area contributed by atoms with Gasteiger partial charge in [0.05, 0.1) is 13.5 Å². The van der Waals surface area contributed by atoms with Gasteiger partial charge < -0.3 is 14.8 Å². The zero-order valence-corrected chi connectivity index (χ0v) is 16.0. The van der Waals surface area contributed by atoms with Crippen LogP contribution in [0.25, 0.3) is 0 Å². The number of nitro groups is 1. The molecule has 0 radical (unpaired) electrons. The van der Waals surface area contributed by atoms with Crippen LogP contribution in [-0.4, -0.2) is 42.3 Å². The fourth-order valence-electron chi connectivity index (χ4n) is 3.40. The highest BCUT2D eigenvalue weighted by Crippen LogP contribution is 2.36. The normalized spacial score (nSPS) is 22.4. The number of rotatable bonds is 8. The molecule has 1 saturated carbocycles. The number of nitrogens with zero attached hydrogens (tertiary/aromatic N) is 1. The van der Waals surface area contributed by atoms with Gasteiger partial charge in [0.15, 0.2) is 6.10 Å². The average Bonchev–Trinajstić information content (AvgIpc) is 2.88. The van der Waals surface area contributed by atoms with Crippen molar-refractivity contribution in [1.82, 2.24) is 0 Å². The van der Waals surface area contributed by atoms with Crippen LogP contribution in [0.4, 0.5) is 5.69 Å². The lowest BCUT2D eigenvalue weighted by atomic mass is 9.88. The molecule has 152 valence electrons. The Morgan fingerprint density at radius 1 is 1.32 bits per heavy atom. The van der Waals surface area contributed by atoms with E-state index in [4.69, 9.17) is 9.47 Å². The number of hydrogen-bond acceptors (Lipinski definition) is 7. The van der Waals surface area contributed by atoms with E-state index >= 15 is 0 Å². The van der Waals surface area contributed by atoms with Crippen LogP contribution >= 0.6 is 0 Å². The molecule has 1 fully saturated rings. The summed E-state index contributed by atoms with van der Waals surface area (Å²) >= 11 is 0. The summed E-state index contributed by atoms with van der Waals surface area (Å²) in [6, 6.07) is 6.64. The van der Waals surface area contributed by atoms with Gasteiger partial charge in [0.25, 0.3) is 5.91 Å². The number of carbonyl (C=O) groups excluding carboxylic acids is 3. The first-order valence-electron chi connectivity index (χ1n) is 9.00. The summed E-state index contributed by atoms with van der Waals surface area (Å²) in [6.07, 6.45) is -1.12. The van der Waals surface area contributed by atoms with E-state index in [1.165, 1.54) is 14.0 Å². The van der Waals surface area contributed by atoms with Crippen LogP contribution < -0.4 is 10.1 Å². The summed E-state index contributed by atoms with van der Waals surface area (Å²) < 4.78 is 10.2. The summed E-state index contributed by atoms with van der Waals surface area (Å²) in [5.74, 6) is -2.19. The number of Topliss-reactive ketones (excluding diaryl/α,β-unsaturated/α-hetero) is 1.